The molecule has 0 aliphatic carbocycles. The average Bonchev–Trinajstić information content (AvgIpc) is 2.50. The summed E-state index contributed by atoms with van der Waals surface area (Å²) in [6, 6.07) is 4.95. The molecule has 0 fully saturated rings. The number of benzene rings is 1. The summed E-state index contributed by atoms with van der Waals surface area (Å²) >= 11 is 0. The van der Waals surface area contributed by atoms with Crippen molar-refractivity contribution in [2.24, 2.45) is 5.73 Å². The Morgan fingerprint density at radius 2 is 2.12 bits per heavy atom. The van der Waals surface area contributed by atoms with Gasteiger partial charge in [-0.2, -0.15) is 0 Å². The van der Waals surface area contributed by atoms with Gasteiger partial charge >= 0.3 is 0 Å². The number of quaternary nitrogens is 1. The first-order valence-electron chi connectivity index (χ1n) is 5.29. The first-order chi connectivity index (χ1) is 7.19. The van der Waals surface area contributed by atoms with Crippen molar-refractivity contribution in [3.8, 4) is 0 Å². The van der Waals surface area contributed by atoms with E-state index in [0.29, 0.717) is 6.54 Å². The van der Waals surface area contributed by atoms with Crippen LogP contribution in [0.3, 0.4) is 0 Å². The van der Waals surface area contributed by atoms with Gasteiger partial charge < -0.3 is 47.0 Å². The summed E-state index contributed by atoms with van der Waals surface area (Å²) in [5.74, 6) is -0.183. The van der Waals surface area contributed by atoms with Gasteiger partial charge in [0.25, 0.3) is 0 Å². The van der Waals surface area contributed by atoms with Crippen molar-refractivity contribution in [2.75, 3.05) is 25.0 Å². The molecule has 0 spiro atoms. The van der Waals surface area contributed by atoms with Crippen molar-refractivity contribution >= 4 is 11.4 Å². The third-order valence-electron chi connectivity index (χ3n) is 3.13. The molecule has 1 aliphatic rings. The van der Waals surface area contributed by atoms with E-state index in [2.05, 4.69) is 18.9 Å². The molecule has 0 bridgehead atoms. The Hall–Kier alpha value is -0.110. The van der Waals surface area contributed by atoms with E-state index >= 15 is 0 Å². The number of rotatable bonds is 2. The highest BCUT2D eigenvalue weighted by Crippen LogP contribution is 2.29. The summed E-state index contributed by atoms with van der Waals surface area (Å²) in [5.41, 5.74) is 7.86. The van der Waals surface area contributed by atoms with Gasteiger partial charge in [-0.1, -0.05) is 0 Å². The van der Waals surface area contributed by atoms with Gasteiger partial charge in [0.05, 0.1) is 13.6 Å². The summed E-state index contributed by atoms with van der Waals surface area (Å²) in [4.78, 5) is 3.41. The molecular formula is C11H17ClFIN3-. The van der Waals surface area contributed by atoms with Crippen LogP contribution in [0.15, 0.2) is 18.2 Å². The fourth-order valence-electron chi connectivity index (χ4n) is 2.35. The van der Waals surface area contributed by atoms with Crippen molar-refractivity contribution in [3.05, 3.63) is 24.0 Å². The zero-order valence-corrected chi connectivity index (χ0v) is 12.8. The molecule has 98 valence electrons. The number of nitrogens with two attached hydrogens (primary N) is 1. The third-order valence-corrected chi connectivity index (χ3v) is 3.13. The maximum absolute atomic E-state index is 13.2. The van der Waals surface area contributed by atoms with Gasteiger partial charge in [-0.15, -0.1) is 0 Å². The van der Waals surface area contributed by atoms with Crippen molar-refractivity contribution in [3.63, 3.8) is 0 Å². The van der Waals surface area contributed by atoms with Crippen molar-refractivity contribution in [1.29, 1.82) is 0 Å². The molecule has 1 aliphatic heterocycles. The van der Waals surface area contributed by atoms with Gasteiger partial charge in [-0.3, -0.25) is 4.90 Å². The van der Waals surface area contributed by atoms with Crippen LogP contribution in [0.2, 0.25) is 0 Å². The van der Waals surface area contributed by atoms with E-state index in [4.69, 9.17) is 5.73 Å². The van der Waals surface area contributed by atoms with E-state index < -0.39 is 0 Å². The van der Waals surface area contributed by atoms with Gasteiger partial charge in [-0.25, -0.2) is 4.39 Å². The summed E-state index contributed by atoms with van der Waals surface area (Å²) in [5, 5.41) is 0. The molecule has 2 atom stereocenters. The van der Waals surface area contributed by atoms with E-state index in [0.717, 1.165) is 17.9 Å². The molecule has 0 saturated carbocycles. The molecule has 2 rings (SSSR count). The summed E-state index contributed by atoms with van der Waals surface area (Å²) < 4.78 is 13.2. The van der Waals surface area contributed by atoms with Crippen LogP contribution >= 0.6 is 0 Å². The zero-order chi connectivity index (χ0) is 11.0. The molecular weight excluding hydrogens is 355 g/mol. The fraction of sp³-hybridized carbons (Fsp3) is 0.455. The number of hydrogen-bond donors (Lipinski definition) is 2. The van der Waals surface area contributed by atoms with Crippen LogP contribution in [-0.2, 0) is 0 Å². The second-order valence-electron chi connectivity index (χ2n) is 3.88. The van der Waals surface area contributed by atoms with Gasteiger partial charge in [0, 0.05) is 18.7 Å². The van der Waals surface area contributed by atoms with Gasteiger partial charge in [0.15, 0.2) is 11.9 Å². The SMILES string of the molecule is CCN1c2cc(F)ccc2[NH+](C)C1CN.[Cl-].[I-]. The number of nitrogens with one attached hydrogen (secondary N) is 1. The minimum Gasteiger partial charge on any atom is -1.00 e. The lowest BCUT2D eigenvalue weighted by atomic mass is 10.2. The molecule has 1 heterocycles. The number of halogens is 3. The number of likely N-dealkylation sites (N-methyl/N-ethyl adjacent to an activating group) is 2. The van der Waals surface area contributed by atoms with E-state index in [-0.39, 0.29) is 48.4 Å². The Labute approximate surface area is 125 Å². The number of hydrogen-bond acceptors (Lipinski definition) is 2. The van der Waals surface area contributed by atoms with E-state index in [1.807, 2.05) is 6.07 Å². The molecule has 0 aromatic heterocycles. The van der Waals surface area contributed by atoms with Gasteiger partial charge in [-0.05, 0) is 13.0 Å². The minimum atomic E-state index is -0.183. The summed E-state index contributed by atoms with van der Waals surface area (Å²) in [6.45, 7) is 3.50. The molecule has 3 nitrogen and oxygen atoms in total. The van der Waals surface area contributed by atoms with Gasteiger partial charge in [0.1, 0.15) is 11.5 Å². The zero-order valence-electron chi connectivity index (χ0n) is 9.88. The van der Waals surface area contributed by atoms with Gasteiger partial charge in [0.2, 0.25) is 0 Å². The van der Waals surface area contributed by atoms with Crippen LogP contribution in [0, 0.1) is 5.82 Å². The molecule has 17 heavy (non-hydrogen) atoms. The van der Waals surface area contributed by atoms with Crippen molar-refractivity contribution < 1.29 is 45.7 Å². The average molecular weight is 373 g/mol. The largest absolute Gasteiger partial charge is 1.00 e. The number of fused-ring (bicyclic) bond motifs is 1. The first kappa shape index (κ1) is 16.9. The number of anilines is 1. The lowest BCUT2D eigenvalue weighted by Crippen LogP contribution is -3.09. The Morgan fingerprint density at radius 3 is 2.65 bits per heavy atom. The van der Waals surface area contributed by atoms with Crippen LogP contribution < -0.4 is 51.9 Å². The fourth-order valence-corrected chi connectivity index (χ4v) is 2.35. The summed E-state index contributed by atoms with van der Waals surface area (Å²) in [7, 11) is 2.07. The molecule has 0 saturated heterocycles. The highest BCUT2D eigenvalue weighted by Gasteiger charge is 2.36. The van der Waals surface area contributed by atoms with E-state index in [9.17, 15) is 4.39 Å². The third kappa shape index (κ3) is 2.83. The maximum Gasteiger partial charge on any atom is 0.180 e. The molecule has 3 N–H and O–H groups in total. The molecule has 0 amide bonds. The number of nitrogens with zero attached hydrogens (tertiary/aromatic N) is 1. The topological polar surface area (TPSA) is 33.7 Å². The van der Waals surface area contributed by atoms with Crippen molar-refractivity contribution in [2.45, 2.75) is 13.1 Å². The van der Waals surface area contributed by atoms with Crippen LogP contribution in [0.5, 0.6) is 0 Å². The predicted molar refractivity (Wildman–Crippen MR) is 58.8 cm³/mol. The van der Waals surface area contributed by atoms with E-state index in [1.165, 1.54) is 11.0 Å². The molecule has 0 radical (unpaired) electrons. The van der Waals surface area contributed by atoms with Crippen LogP contribution in [-0.4, -0.2) is 26.3 Å². The Morgan fingerprint density at radius 1 is 1.47 bits per heavy atom. The first-order valence-corrected chi connectivity index (χ1v) is 5.29. The molecule has 2 unspecified atom stereocenters. The monoisotopic (exact) mass is 372 g/mol. The predicted octanol–water partition coefficient (Wildman–Crippen LogP) is -5.90. The lowest BCUT2D eigenvalue weighted by Gasteiger charge is -2.24. The second kappa shape index (κ2) is 6.72. The maximum atomic E-state index is 13.2. The lowest BCUT2D eigenvalue weighted by molar-refractivity contribution is -0.829. The second-order valence-corrected chi connectivity index (χ2v) is 3.88. The minimum absolute atomic E-state index is 0. The smallest absolute Gasteiger partial charge is 0.180 e. The Balaban J connectivity index is 0.00000128. The Bertz CT molecular complexity index is 378. The standard InChI is InChI=1S/C11H16FN3.ClH.HI/c1-3-15-10-6-8(12)4-5-9(10)14(2)11(15)7-13;;/h4-6,11H,3,7,13H2,1-2H3;2*1H/p-1. The van der Waals surface area contributed by atoms with Crippen LogP contribution in [0.25, 0.3) is 0 Å². The Kier molecular flexibility index (Phi) is 6.68. The highest BCUT2D eigenvalue weighted by atomic mass is 127. The van der Waals surface area contributed by atoms with E-state index in [1.54, 1.807) is 6.07 Å². The molecule has 6 heteroatoms. The summed E-state index contributed by atoms with van der Waals surface area (Å²) in [6.07, 6.45) is 0.229. The van der Waals surface area contributed by atoms with Crippen LogP contribution in [0.1, 0.15) is 6.92 Å². The quantitative estimate of drug-likeness (QED) is 0.507. The van der Waals surface area contributed by atoms with Crippen LogP contribution in [0.4, 0.5) is 15.8 Å². The normalized spacial score (nSPS) is 21.5. The highest BCUT2D eigenvalue weighted by molar-refractivity contribution is 5.66. The molecule has 1 aromatic rings. The molecule has 1 aromatic carbocycles. The van der Waals surface area contributed by atoms with Crippen molar-refractivity contribution in [1.82, 2.24) is 0 Å².